The van der Waals surface area contributed by atoms with Gasteiger partial charge in [0.25, 0.3) is 0 Å². The largest absolute Gasteiger partial charge is 0.495 e. The van der Waals surface area contributed by atoms with Crippen molar-refractivity contribution in [3.05, 3.63) is 59.4 Å². The number of hydrogen-bond acceptors (Lipinski definition) is 5. The van der Waals surface area contributed by atoms with Crippen molar-refractivity contribution in [3.63, 3.8) is 0 Å². The molecule has 2 heterocycles. The number of nitrogens with one attached hydrogen (secondary N) is 1. The van der Waals surface area contributed by atoms with Gasteiger partial charge in [-0.2, -0.15) is 5.26 Å². The van der Waals surface area contributed by atoms with Crippen LogP contribution in [0.2, 0.25) is 0 Å². The fourth-order valence-corrected chi connectivity index (χ4v) is 3.54. The van der Waals surface area contributed by atoms with E-state index in [9.17, 15) is 10.1 Å². The Bertz CT molecular complexity index is 816. The molecule has 0 aliphatic carbocycles. The molecule has 0 saturated carbocycles. The van der Waals surface area contributed by atoms with Crippen LogP contribution in [-0.4, -0.2) is 36.5 Å². The Hall–Kier alpha value is -2.91. The van der Waals surface area contributed by atoms with Gasteiger partial charge in [-0.05, 0) is 29.3 Å². The maximum atomic E-state index is 12.2. The number of likely N-dealkylation sites (tertiary alicyclic amines) is 1. The normalized spacial score (nSPS) is 19.4. The van der Waals surface area contributed by atoms with Gasteiger partial charge in [-0.15, -0.1) is 0 Å². The first-order valence-electron chi connectivity index (χ1n) is 8.57. The van der Waals surface area contributed by atoms with Gasteiger partial charge in [0.05, 0.1) is 18.7 Å². The molecule has 1 aliphatic heterocycles. The van der Waals surface area contributed by atoms with Gasteiger partial charge < -0.3 is 15.0 Å². The zero-order valence-electron chi connectivity index (χ0n) is 15.0. The Kier molecular flexibility index (Phi) is 5.49. The molecule has 134 valence electrons. The van der Waals surface area contributed by atoms with Crippen molar-refractivity contribution >= 4 is 5.91 Å². The predicted octanol–water partition coefficient (Wildman–Crippen LogP) is 2.27. The van der Waals surface area contributed by atoms with Crippen LogP contribution in [0.4, 0.5) is 0 Å². The third-order valence-corrected chi connectivity index (χ3v) is 4.84. The first kappa shape index (κ1) is 17.9. The predicted molar refractivity (Wildman–Crippen MR) is 97.3 cm³/mol. The van der Waals surface area contributed by atoms with Crippen LogP contribution < -0.4 is 10.1 Å². The second-order valence-corrected chi connectivity index (χ2v) is 6.48. The van der Waals surface area contributed by atoms with Gasteiger partial charge >= 0.3 is 0 Å². The van der Waals surface area contributed by atoms with Crippen molar-refractivity contribution in [1.29, 1.82) is 5.26 Å². The lowest BCUT2D eigenvalue weighted by Crippen LogP contribution is -2.29. The number of aromatic nitrogens is 1. The minimum atomic E-state index is 0.0363. The van der Waals surface area contributed by atoms with Crippen LogP contribution in [0.25, 0.3) is 0 Å². The summed E-state index contributed by atoms with van der Waals surface area (Å²) in [6, 6.07) is 11.7. The van der Waals surface area contributed by atoms with E-state index >= 15 is 0 Å². The smallest absolute Gasteiger partial charge is 0.223 e. The summed E-state index contributed by atoms with van der Waals surface area (Å²) < 4.78 is 5.17. The highest BCUT2D eigenvalue weighted by atomic mass is 16.5. The SMILES string of the molecule is COc1ccc(CNC[C@@H]2CC(=O)N(C)[C@H]2c2cccnc2)cc1C#N. The van der Waals surface area contributed by atoms with E-state index in [1.165, 1.54) is 0 Å². The highest BCUT2D eigenvalue weighted by molar-refractivity contribution is 5.79. The molecule has 1 fully saturated rings. The molecule has 26 heavy (non-hydrogen) atoms. The Morgan fingerprint density at radius 1 is 1.42 bits per heavy atom. The van der Waals surface area contributed by atoms with Gasteiger partial charge in [0.2, 0.25) is 5.91 Å². The number of ether oxygens (including phenoxy) is 1. The van der Waals surface area contributed by atoms with Crippen molar-refractivity contribution in [3.8, 4) is 11.8 Å². The quantitative estimate of drug-likeness (QED) is 0.865. The third kappa shape index (κ3) is 3.68. The second-order valence-electron chi connectivity index (χ2n) is 6.48. The molecule has 6 nitrogen and oxygen atoms in total. The molecular weight excluding hydrogens is 328 g/mol. The topological polar surface area (TPSA) is 78.2 Å². The minimum absolute atomic E-state index is 0.0363. The zero-order chi connectivity index (χ0) is 18.5. The Morgan fingerprint density at radius 3 is 2.96 bits per heavy atom. The number of pyridine rings is 1. The highest BCUT2D eigenvalue weighted by Gasteiger charge is 2.38. The molecule has 1 amide bonds. The number of amides is 1. The van der Waals surface area contributed by atoms with Crippen LogP contribution >= 0.6 is 0 Å². The van der Waals surface area contributed by atoms with Crippen molar-refractivity contribution in [2.75, 3.05) is 20.7 Å². The maximum Gasteiger partial charge on any atom is 0.223 e. The molecule has 6 heteroatoms. The maximum absolute atomic E-state index is 12.2. The van der Waals surface area contributed by atoms with E-state index in [1.807, 2.05) is 42.4 Å². The van der Waals surface area contributed by atoms with Gasteiger partial charge in [-0.25, -0.2) is 0 Å². The molecule has 1 aromatic carbocycles. The number of hydrogen-bond donors (Lipinski definition) is 1. The lowest BCUT2D eigenvalue weighted by Gasteiger charge is -2.25. The van der Waals surface area contributed by atoms with Crippen LogP contribution in [0, 0.1) is 17.2 Å². The van der Waals surface area contributed by atoms with E-state index in [-0.39, 0.29) is 17.9 Å². The van der Waals surface area contributed by atoms with Crippen molar-refractivity contribution in [2.45, 2.75) is 19.0 Å². The molecule has 1 aromatic heterocycles. The summed E-state index contributed by atoms with van der Waals surface area (Å²) in [6.07, 6.45) is 4.09. The summed E-state index contributed by atoms with van der Waals surface area (Å²) >= 11 is 0. The van der Waals surface area contributed by atoms with Gasteiger partial charge in [0.15, 0.2) is 0 Å². The van der Waals surface area contributed by atoms with Gasteiger partial charge in [0, 0.05) is 44.9 Å². The van der Waals surface area contributed by atoms with Crippen LogP contribution in [0.1, 0.15) is 29.2 Å². The van der Waals surface area contributed by atoms with Crippen LogP contribution in [0.3, 0.4) is 0 Å². The molecule has 0 bridgehead atoms. The van der Waals surface area contributed by atoms with Gasteiger partial charge in [-0.3, -0.25) is 9.78 Å². The molecule has 0 unspecified atom stereocenters. The molecule has 2 aromatic rings. The number of benzene rings is 1. The van der Waals surface area contributed by atoms with Crippen LogP contribution in [0.5, 0.6) is 5.75 Å². The third-order valence-electron chi connectivity index (χ3n) is 4.84. The lowest BCUT2D eigenvalue weighted by molar-refractivity contribution is -0.127. The van der Waals surface area contributed by atoms with Crippen LogP contribution in [-0.2, 0) is 11.3 Å². The molecular formula is C20H22N4O2. The Morgan fingerprint density at radius 2 is 2.27 bits per heavy atom. The van der Waals surface area contributed by atoms with Crippen LogP contribution in [0.15, 0.2) is 42.7 Å². The number of methoxy groups -OCH3 is 1. The number of carbonyl (C=O) groups excluding carboxylic acids is 1. The van der Waals surface area contributed by atoms with E-state index in [1.54, 1.807) is 19.4 Å². The van der Waals surface area contributed by atoms with Gasteiger partial charge in [-0.1, -0.05) is 12.1 Å². The second kappa shape index (κ2) is 7.98. The van der Waals surface area contributed by atoms with E-state index in [0.29, 0.717) is 30.8 Å². The average Bonchev–Trinajstić information content (AvgIpc) is 2.96. The number of nitriles is 1. The molecule has 2 atom stereocenters. The summed E-state index contributed by atoms with van der Waals surface area (Å²) in [5, 5.41) is 12.6. The molecule has 3 rings (SSSR count). The minimum Gasteiger partial charge on any atom is -0.495 e. The van der Waals surface area contributed by atoms with Crippen molar-refractivity contribution in [2.24, 2.45) is 5.92 Å². The van der Waals surface area contributed by atoms with Crippen molar-refractivity contribution < 1.29 is 9.53 Å². The highest BCUT2D eigenvalue weighted by Crippen LogP contribution is 2.36. The summed E-state index contributed by atoms with van der Waals surface area (Å²) in [4.78, 5) is 18.2. The van der Waals surface area contributed by atoms with E-state index in [4.69, 9.17) is 4.74 Å². The fourth-order valence-electron chi connectivity index (χ4n) is 3.54. The lowest BCUT2D eigenvalue weighted by atomic mass is 9.94. The molecule has 1 saturated heterocycles. The Balaban J connectivity index is 1.65. The molecule has 0 spiro atoms. The Labute approximate surface area is 153 Å². The van der Waals surface area contributed by atoms with E-state index in [2.05, 4.69) is 16.4 Å². The average molecular weight is 350 g/mol. The zero-order valence-corrected chi connectivity index (χ0v) is 15.0. The van der Waals surface area contributed by atoms with E-state index < -0.39 is 0 Å². The number of nitrogens with zero attached hydrogens (tertiary/aromatic N) is 3. The molecule has 1 N–H and O–H groups in total. The monoisotopic (exact) mass is 350 g/mol. The fraction of sp³-hybridized carbons (Fsp3) is 0.350. The number of rotatable bonds is 6. The molecule has 0 radical (unpaired) electrons. The molecule has 1 aliphatic rings. The first-order valence-corrected chi connectivity index (χ1v) is 8.57. The summed E-state index contributed by atoms with van der Waals surface area (Å²) in [7, 11) is 3.41. The van der Waals surface area contributed by atoms with E-state index in [0.717, 1.165) is 11.1 Å². The first-order chi connectivity index (χ1) is 12.6. The standard InChI is InChI=1S/C20H22N4O2/c1-24-19(25)9-17(20(24)15-4-3-7-22-12-15)13-23-11-14-5-6-18(26-2)16(8-14)10-21/h3-8,12,17,20,23H,9,11,13H2,1-2H3/t17-,20-/m0/s1. The van der Waals surface area contributed by atoms with Gasteiger partial charge in [0.1, 0.15) is 11.8 Å². The van der Waals surface area contributed by atoms with Crippen molar-refractivity contribution in [1.82, 2.24) is 15.2 Å². The number of carbonyl (C=O) groups is 1. The summed E-state index contributed by atoms with van der Waals surface area (Å²) in [5.74, 6) is 0.920. The summed E-state index contributed by atoms with van der Waals surface area (Å²) in [6.45, 7) is 1.34. The summed E-state index contributed by atoms with van der Waals surface area (Å²) in [5.41, 5.74) is 2.60.